The largest absolute Gasteiger partial charge is 0.481 e. The van der Waals surface area contributed by atoms with Crippen molar-refractivity contribution in [1.29, 1.82) is 0 Å². The number of hydrogen-bond donors (Lipinski definition) is 1. The number of rotatable bonds is 3. The summed E-state index contributed by atoms with van der Waals surface area (Å²) < 4.78 is 2.60. The minimum Gasteiger partial charge on any atom is -0.481 e. The van der Waals surface area contributed by atoms with Crippen molar-refractivity contribution in [2.75, 3.05) is 13.1 Å². The number of carboxylic acids is 1. The van der Waals surface area contributed by atoms with Crippen LogP contribution in [0.1, 0.15) is 23.7 Å². The van der Waals surface area contributed by atoms with Gasteiger partial charge in [0.1, 0.15) is 0 Å². The smallest absolute Gasteiger partial charge is 0.311 e. The monoisotopic (exact) mass is 377 g/mol. The molecule has 0 unspecified atom stereocenters. The van der Waals surface area contributed by atoms with Crippen LogP contribution in [0.15, 0.2) is 41.1 Å². The van der Waals surface area contributed by atoms with E-state index in [1.54, 1.807) is 22.7 Å². The molecular formula is C16H16BrN3O3. The van der Waals surface area contributed by atoms with Crippen LogP contribution >= 0.6 is 15.9 Å². The summed E-state index contributed by atoms with van der Waals surface area (Å²) in [5.41, 5.74) is 0.448. The average molecular weight is 378 g/mol. The first-order chi connectivity index (χ1) is 10.9. The maximum absolute atomic E-state index is 12.5. The third kappa shape index (κ3) is 3.01. The lowest BCUT2D eigenvalue weighted by atomic mass is 9.90. The predicted molar refractivity (Wildman–Crippen MR) is 87.5 cm³/mol. The van der Waals surface area contributed by atoms with Gasteiger partial charge in [-0.25, -0.2) is 4.68 Å². The normalized spacial score (nSPS) is 20.7. The molecule has 23 heavy (non-hydrogen) atoms. The van der Waals surface area contributed by atoms with E-state index in [1.165, 1.54) is 6.20 Å². The number of likely N-dealkylation sites (tertiary alicyclic amines) is 1. The van der Waals surface area contributed by atoms with Crippen molar-refractivity contribution in [2.24, 2.45) is 5.41 Å². The van der Waals surface area contributed by atoms with Crippen molar-refractivity contribution in [3.63, 3.8) is 0 Å². The summed E-state index contributed by atoms with van der Waals surface area (Å²) in [5, 5.41) is 13.5. The van der Waals surface area contributed by atoms with Gasteiger partial charge in [0.2, 0.25) is 0 Å². The summed E-state index contributed by atoms with van der Waals surface area (Å²) in [6.07, 6.45) is 3.65. The van der Waals surface area contributed by atoms with E-state index in [-0.39, 0.29) is 12.5 Å². The molecule has 1 amide bonds. The Morgan fingerprint density at radius 3 is 2.61 bits per heavy atom. The van der Waals surface area contributed by atoms with Crippen molar-refractivity contribution < 1.29 is 14.7 Å². The predicted octanol–water partition coefficient (Wildman–Crippen LogP) is 2.57. The zero-order valence-corrected chi connectivity index (χ0v) is 14.2. The molecule has 3 rings (SSSR count). The molecule has 0 saturated carbocycles. The number of halogens is 1. The first-order valence-corrected chi connectivity index (χ1v) is 8.02. The fourth-order valence-electron chi connectivity index (χ4n) is 2.66. The van der Waals surface area contributed by atoms with Crippen molar-refractivity contribution in [3.05, 3.63) is 46.7 Å². The molecule has 2 heterocycles. The molecule has 0 aliphatic carbocycles. The van der Waals surface area contributed by atoms with E-state index in [1.807, 2.05) is 24.3 Å². The third-order valence-electron chi connectivity index (χ3n) is 4.20. The van der Waals surface area contributed by atoms with Crippen molar-refractivity contribution in [3.8, 4) is 5.69 Å². The molecule has 1 fully saturated rings. The maximum Gasteiger partial charge on any atom is 0.311 e. The van der Waals surface area contributed by atoms with Crippen LogP contribution in [0.4, 0.5) is 0 Å². The summed E-state index contributed by atoms with van der Waals surface area (Å²) in [5.74, 6) is -1.04. The van der Waals surface area contributed by atoms with E-state index in [9.17, 15) is 14.7 Å². The highest BCUT2D eigenvalue weighted by Crippen LogP contribution is 2.31. The van der Waals surface area contributed by atoms with Gasteiger partial charge in [0.25, 0.3) is 5.91 Å². The molecule has 1 N–H and O–H groups in total. The molecule has 0 radical (unpaired) electrons. The fourth-order valence-corrected chi connectivity index (χ4v) is 2.92. The minimum atomic E-state index is -0.864. The summed E-state index contributed by atoms with van der Waals surface area (Å²) in [6, 6.07) is 7.58. The average Bonchev–Trinajstić information content (AvgIpc) is 3.15. The van der Waals surface area contributed by atoms with Crippen LogP contribution in [0.5, 0.6) is 0 Å². The second-order valence-electron chi connectivity index (χ2n) is 5.99. The minimum absolute atomic E-state index is 0.182. The van der Waals surface area contributed by atoms with E-state index in [2.05, 4.69) is 21.0 Å². The number of aliphatic carboxylic acids is 1. The molecule has 1 atom stereocenters. The molecule has 0 bridgehead atoms. The zero-order valence-electron chi connectivity index (χ0n) is 12.6. The fraction of sp³-hybridized carbons (Fsp3) is 0.312. The van der Waals surface area contributed by atoms with E-state index in [0.29, 0.717) is 18.5 Å². The second-order valence-corrected chi connectivity index (χ2v) is 6.91. The molecule has 6 nitrogen and oxygen atoms in total. The third-order valence-corrected chi connectivity index (χ3v) is 4.73. The summed E-state index contributed by atoms with van der Waals surface area (Å²) >= 11 is 3.37. The highest BCUT2D eigenvalue weighted by molar-refractivity contribution is 9.10. The molecule has 7 heteroatoms. The summed E-state index contributed by atoms with van der Waals surface area (Å²) in [4.78, 5) is 25.4. The number of hydrogen-bond acceptors (Lipinski definition) is 3. The van der Waals surface area contributed by atoms with Gasteiger partial charge in [0, 0.05) is 23.8 Å². The Balaban J connectivity index is 1.77. The van der Waals surface area contributed by atoms with Gasteiger partial charge in [-0.15, -0.1) is 0 Å². The van der Waals surface area contributed by atoms with Gasteiger partial charge in [0.15, 0.2) is 0 Å². The van der Waals surface area contributed by atoms with Crippen molar-refractivity contribution >= 4 is 27.8 Å². The Kier molecular flexibility index (Phi) is 3.97. The molecule has 2 aromatic rings. The quantitative estimate of drug-likeness (QED) is 0.891. The Morgan fingerprint density at radius 2 is 2.00 bits per heavy atom. The first kappa shape index (κ1) is 15.7. The van der Waals surface area contributed by atoms with Crippen LogP contribution in [0, 0.1) is 5.41 Å². The van der Waals surface area contributed by atoms with E-state index < -0.39 is 11.4 Å². The lowest BCUT2D eigenvalue weighted by molar-refractivity contribution is -0.147. The number of aromatic nitrogens is 2. The van der Waals surface area contributed by atoms with Crippen LogP contribution < -0.4 is 0 Å². The molecule has 0 spiro atoms. The van der Waals surface area contributed by atoms with Gasteiger partial charge in [-0.05, 0) is 37.6 Å². The van der Waals surface area contributed by atoms with Crippen LogP contribution in [-0.2, 0) is 4.79 Å². The Morgan fingerprint density at radius 1 is 1.30 bits per heavy atom. The second kappa shape index (κ2) is 5.81. The highest BCUT2D eigenvalue weighted by atomic mass is 79.9. The van der Waals surface area contributed by atoms with Crippen LogP contribution in [0.3, 0.4) is 0 Å². The Labute approximate surface area is 141 Å². The van der Waals surface area contributed by atoms with E-state index in [4.69, 9.17) is 0 Å². The van der Waals surface area contributed by atoms with Gasteiger partial charge in [-0.1, -0.05) is 15.9 Å². The van der Waals surface area contributed by atoms with Crippen molar-refractivity contribution in [1.82, 2.24) is 14.7 Å². The lowest BCUT2D eigenvalue weighted by Crippen LogP contribution is -2.34. The van der Waals surface area contributed by atoms with E-state index >= 15 is 0 Å². The standard InChI is InChI=1S/C16H16BrN3O3/c1-16(15(22)23)6-7-19(10-16)14(21)11-8-18-20(9-11)13-4-2-12(17)3-5-13/h2-5,8-9H,6-7,10H2,1H3,(H,22,23)/t16-/m0/s1. The number of carbonyl (C=O) groups excluding carboxylic acids is 1. The molecule has 1 aliphatic rings. The SMILES string of the molecule is C[C@]1(C(=O)O)CCN(C(=O)c2cnn(-c3ccc(Br)cc3)c2)C1. The summed E-state index contributed by atoms with van der Waals surface area (Å²) in [6.45, 7) is 2.35. The number of amides is 1. The van der Waals surface area contributed by atoms with Crippen molar-refractivity contribution in [2.45, 2.75) is 13.3 Å². The topological polar surface area (TPSA) is 75.4 Å². The number of carboxylic acid groups (broad SMARTS) is 1. The van der Waals surface area contributed by atoms with Gasteiger partial charge < -0.3 is 10.0 Å². The molecule has 1 saturated heterocycles. The number of nitrogens with zero attached hydrogens (tertiary/aromatic N) is 3. The number of benzene rings is 1. The Bertz CT molecular complexity index is 756. The number of carbonyl (C=O) groups is 2. The van der Waals surface area contributed by atoms with Gasteiger partial charge in [-0.3, -0.25) is 9.59 Å². The Hall–Kier alpha value is -2.15. The first-order valence-electron chi connectivity index (χ1n) is 7.22. The highest BCUT2D eigenvalue weighted by Gasteiger charge is 2.42. The lowest BCUT2D eigenvalue weighted by Gasteiger charge is -2.19. The van der Waals surface area contributed by atoms with Crippen LogP contribution in [-0.4, -0.2) is 44.8 Å². The maximum atomic E-state index is 12.5. The molecule has 1 aromatic carbocycles. The van der Waals surface area contributed by atoms with Gasteiger partial charge in [-0.2, -0.15) is 5.10 Å². The molecule has 120 valence electrons. The van der Waals surface area contributed by atoms with Gasteiger partial charge in [0.05, 0.1) is 22.9 Å². The van der Waals surface area contributed by atoms with Crippen LogP contribution in [0.25, 0.3) is 5.69 Å². The van der Waals surface area contributed by atoms with E-state index in [0.717, 1.165) is 10.2 Å². The molecule has 1 aromatic heterocycles. The molecular weight excluding hydrogens is 362 g/mol. The van der Waals surface area contributed by atoms with Gasteiger partial charge >= 0.3 is 5.97 Å². The molecule has 1 aliphatic heterocycles. The summed E-state index contributed by atoms with van der Waals surface area (Å²) in [7, 11) is 0. The van der Waals surface area contributed by atoms with Crippen LogP contribution in [0.2, 0.25) is 0 Å². The zero-order chi connectivity index (χ0) is 16.6.